The number of amides is 2. The second-order valence-corrected chi connectivity index (χ2v) is 10.5. The topological polar surface area (TPSA) is 107 Å². The molecule has 0 spiro atoms. The Morgan fingerprint density at radius 2 is 1.64 bits per heavy atom. The fourth-order valence-corrected chi connectivity index (χ4v) is 5.26. The lowest BCUT2D eigenvalue weighted by Crippen LogP contribution is -2.66. The summed E-state index contributed by atoms with van der Waals surface area (Å²) in [4.78, 5) is 27.5. The quantitative estimate of drug-likeness (QED) is 0.366. The van der Waals surface area contributed by atoms with Gasteiger partial charge in [-0.2, -0.15) is 0 Å². The highest BCUT2D eigenvalue weighted by Crippen LogP contribution is 2.50. The fraction of sp³-hybridized carbons (Fsp3) is 0.533. The van der Waals surface area contributed by atoms with Crippen molar-refractivity contribution in [3.8, 4) is 11.5 Å². The molecule has 2 amide bonds. The Morgan fingerprint density at radius 3 is 2.15 bits per heavy atom. The van der Waals surface area contributed by atoms with Crippen LogP contribution in [0.3, 0.4) is 0 Å². The van der Waals surface area contributed by atoms with Gasteiger partial charge in [0.2, 0.25) is 0 Å². The summed E-state index contributed by atoms with van der Waals surface area (Å²) in [5, 5.41) is 12.7. The number of rotatable bonds is 13. The van der Waals surface area contributed by atoms with Crippen molar-refractivity contribution in [2.45, 2.75) is 69.2 Å². The van der Waals surface area contributed by atoms with Gasteiger partial charge in [-0.15, -0.1) is 0 Å². The number of carbonyl (C=O) groups excluding carboxylic acids is 1. The minimum absolute atomic E-state index is 0.163. The third-order valence-corrected chi connectivity index (χ3v) is 7.97. The molecule has 2 aromatic carbocycles. The number of carboxylic acids is 1. The van der Waals surface area contributed by atoms with Gasteiger partial charge in [0.1, 0.15) is 17.0 Å². The molecular weight excluding hydrogens is 500 g/mol. The van der Waals surface area contributed by atoms with Gasteiger partial charge in [0.25, 0.3) is 0 Å². The summed E-state index contributed by atoms with van der Waals surface area (Å²) in [5.74, 6) is 0.811. The Labute approximate surface area is 230 Å². The van der Waals surface area contributed by atoms with Crippen LogP contribution < -0.4 is 14.8 Å². The number of nitrogens with one attached hydrogen (secondary N) is 1. The van der Waals surface area contributed by atoms with E-state index in [1.54, 1.807) is 26.2 Å². The summed E-state index contributed by atoms with van der Waals surface area (Å²) in [6, 6.07) is 12.9. The lowest BCUT2D eigenvalue weighted by Gasteiger charge is -2.45. The highest BCUT2D eigenvalue weighted by molar-refractivity contribution is 5.87. The van der Waals surface area contributed by atoms with Gasteiger partial charge in [-0.1, -0.05) is 30.3 Å². The molecule has 0 saturated heterocycles. The summed E-state index contributed by atoms with van der Waals surface area (Å²) in [7, 11) is 4.82. The van der Waals surface area contributed by atoms with Crippen molar-refractivity contribution in [1.82, 2.24) is 10.2 Å². The Bertz CT molecular complexity index is 1120. The smallest absolute Gasteiger partial charge is 0.329 e. The number of hydrogen-bond donors (Lipinski definition) is 2. The van der Waals surface area contributed by atoms with Gasteiger partial charge in [0.15, 0.2) is 0 Å². The van der Waals surface area contributed by atoms with Crippen molar-refractivity contribution < 1.29 is 33.6 Å². The van der Waals surface area contributed by atoms with Crippen LogP contribution in [0, 0.1) is 0 Å². The molecule has 2 aliphatic rings. The van der Waals surface area contributed by atoms with Crippen molar-refractivity contribution >= 4 is 12.0 Å². The molecule has 0 aliphatic heterocycles. The fourth-order valence-electron chi connectivity index (χ4n) is 5.26. The van der Waals surface area contributed by atoms with Crippen molar-refractivity contribution in [3.05, 3.63) is 59.2 Å². The second kappa shape index (κ2) is 12.3. The average Bonchev–Trinajstić information content (AvgIpc) is 3.77. The molecule has 9 nitrogen and oxygen atoms in total. The minimum Gasteiger partial charge on any atom is -0.496 e. The first-order valence-electron chi connectivity index (χ1n) is 13.5. The van der Waals surface area contributed by atoms with Crippen LogP contribution in [0.4, 0.5) is 4.79 Å². The number of carboxylic acid groups (broad SMARTS) is 1. The van der Waals surface area contributed by atoms with E-state index in [-0.39, 0.29) is 38.2 Å². The Balaban J connectivity index is 1.57. The van der Waals surface area contributed by atoms with E-state index >= 15 is 0 Å². The van der Waals surface area contributed by atoms with E-state index in [9.17, 15) is 14.7 Å². The van der Waals surface area contributed by atoms with Gasteiger partial charge < -0.3 is 34.3 Å². The molecule has 0 heterocycles. The number of benzene rings is 2. The number of ether oxygens (including phenoxy) is 4. The maximum absolute atomic E-state index is 13.7. The van der Waals surface area contributed by atoms with E-state index in [2.05, 4.69) is 5.32 Å². The molecular formula is C30H40N2O7. The molecule has 0 radical (unpaired) electrons. The van der Waals surface area contributed by atoms with Gasteiger partial charge in [-0.3, -0.25) is 0 Å². The molecule has 212 valence electrons. The van der Waals surface area contributed by atoms with E-state index in [1.165, 1.54) is 0 Å². The highest BCUT2D eigenvalue weighted by Gasteiger charge is 2.52. The van der Waals surface area contributed by atoms with Crippen LogP contribution in [-0.4, -0.2) is 68.1 Å². The van der Waals surface area contributed by atoms with E-state index in [4.69, 9.17) is 18.9 Å². The summed E-state index contributed by atoms with van der Waals surface area (Å²) in [5.41, 5.74) is 1.56. The zero-order valence-corrected chi connectivity index (χ0v) is 23.4. The molecule has 4 rings (SSSR count). The van der Waals surface area contributed by atoms with Crippen molar-refractivity contribution in [2.24, 2.45) is 0 Å². The molecule has 2 saturated carbocycles. The molecule has 2 atom stereocenters. The third kappa shape index (κ3) is 6.31. The van der Waals surface area contributed by atoms with E-state index in [0.717, 1.165) is 41.0 Å². The largest absolute Gasteiger partial charge is 0.496 e. The molecule has 0 aromatic heterocycles. The lowest BCUT2D eigenvalue weighted by atomic mass is 9.74. The maximum atomic E-state index is 13.7. The van der Waals surface area contributed by atoms with Gasteiger partial charge in [-0.25, -0.2) is 9.59 Å². The molecule has 2 aliphatic carbocycles. The van der Waals surface area contributed by atoms with Crippen LogP contribution >= 0.6 is 0 Å². The first-order valence-corrected chi connectivity index (χ1v) is 13.5. The van der Waals surface area contributed by atoms with Crippen molar-refractivity contribution in [1.29, 1.82) is 0 Å². The van der Waals surface area contributed by atoms with Gasteiger partial charge >= 0.3 is 12.0 Å². The van der Waals surface area contributed by atoms with Crippen LogP contribution in [0.2, 0.25) is 0 Å². The Morgan fingerprint density at radius 1 is 1.03 bits per heavy atom. The first-order chi connectivity index (χ1) is 18.7. The maximum Gasteiger partial charge on any atom is 0.329 e. The molecule has 9 heteroatoms. The monoisotopic (exact) mass is 540 g/mol. The predicted molar refractivity (Wildman–Crippen MR) is 146 cm³/mol. The summed E-state index contributed by atoms with van der Waals surface area (Å²) in [6.07, 6.45) is 2.24. The van der Waals surface area contributed by atoms with Gasteiger partial charge in [0.05, 0.1) is 39.1 Å². The van der Waals surface area contributed by atoms with Crippen LogP contribution in [0.1, 0.15) is 74.3 Å². The molecule has 39 heavy (non-hydrogen) atoms. The molecule has 2 aromatic rings. The zero-order chi connectivity index (χ0) is 28.2. The number of urea groups is 1. The van der Waals surface area contributed by atoms with Gasteiger partial charge in [0, 0.05) is 32.1 Å². The Kier molecular flexibility index (Phi) is 9.02. The Hall–Kier alpha value is -3.30. The molecule has 2 fully saturated rings. The summed E-state index contributed by atoms with van der Waals surface area (Å²) in [6.45, 7) is 4.40. The van der Waals surface area contributed by atoms with Crippen molar-refractivity contribution in [3.63, 3.8) is 0 Å². The van der Waals surface area contributed by atoms with Crippen molar-refractivity contribution in [2.75, 3.05) is 34.5 Å². The number of hydrogen-bond acceptors (Lipinski definition) is 6. The summed E-state index contributed by atoms with van der Waals surface area (Å²) >= 11 is 0. The average molecular weight is 541 g/mol. The van der Waals surface area contributed by atoms with E-state index < -0.39 is 23.6 Å². The van der Waals surface area contributed by atoms with E-state index in [0.29, 0.717) is 5.92 Å². The zero-order valence-electron chi connectivity index (χ0n) is 23.4. The van der Waals surface area contributed by atoms with Crippen LogP contribution in [0.25, 0.3) is 0 Å². The molecule has 0 bridgehead atoms. The van der Waals surface area contributed by atoms with Crippen LogP contribution in [0.5, 0.6) is 11.5 Å². The first kappa shape index (κ1) is 28.7. The number of aliphatic carboxylic acids is 1. The highest BCUT2D eigenvalue weighted by atomic mass is 16.5. The third-order valence-electron chi connectivity index (χ3n) is 7.97. The normalized spacial score (nSPS) is 21.8. The van der Waals surface area contributed by atoms with Gasteiger partial charge in [-0.05, 0) is 55.9 Å². The number of methoxy groups -OCH3 is 3. The second-order valence-electron chi connectivity index (χ2n) is 10.5. The molecule has 2 N–H and O–H groups in total. The number of nitrogens with zero attached hydrogens (tertiary/aromatic N) is 1. The van der Waals surface area contributed by atoms with E-state index in [1.807, 2.05) is 56.3 Å². The molecule has 2 unspecified atom stereocenters. The van der Waals surface area contributed by atoms with Crippen LogP contribution in [-0.2, 0) is 14.3 Å². The minimum atomic E-state index is -1.36. The number of carbonyl (C=O) groups is 2. The predicted octanol–water partition coefficient (Wildman–Crippen LogP) is 5.06. The summed E-state index contributed by atoms with van der Waals surface area (Å²) < 4.78 is 22.8. The standard InChI is InChI=1S/C30H40N2O7/c1-19(23-15-25(37-4)27(22-11-12-22)26(16-23)38-5)32(13-14-39-20(2)21-9-7-6-8-10-21)29(35)31-30(28(33)34)17-24(18-30)36-3/h6-10,15-16,19-20,22,24H,11-14,17-18H2,1-5H3,(H,31,35)(H,33,34). The lowest BCUT2D eigenvalue weighted by molar-refractivity contribution is -0.155. The SMILES string of the molecule is COc1cc(C(C)N(CCOC(C)c2ccccc2)C(=O)NC2(C(=O)O)CC(OC)C2)cc(OC)c1C1CC1. The van der Waals surface area contributed by atoms with Crippen LogP contribution in [0.15, 0.2) is 42.5 Å².